The molecule has 0 unspecified atom stereocenters. The lowest BCUT2D eigenvalue weighted by molar-refractivity contribution is -0.117. The van der Waals surface area contributed by atoms with E-state index < -0.39 is 0 Å². The summed E-state index contributed by atoms with van der Waals surface area (Å²) < 4.78 is 0. The first-order valence-corrected chi connectivity index (χ1v) is 12.8. The van der Waals surface area contributed by atoms with E-state index in [2.05, 4.69) is 38.7 Å². The zero-order valence-electron chi connectivity index (χ0n) is 19.1. The molecule has 2 saturated heterocycles. The number of piperidine rings is 1. The van der Waals surface area contributed by atoms with Crippen molar-refractivity contribution in [2.45, 2.75) is 97.6 Å². The molecule has 5 fully saturated rings. The number of carbonyl (C=O) groups excluding carboxylic acids is 1. The van der Waals surface area contributed by atoms with Crippen LogP contribution in [0, 0.1) is 46.3 Å². The third-order valence-electron chi connectivity index (χ3n) is 11.6. The molecule has 4 aliphatic carbocycles. The fourth-order valence-corrected chi connectivity index (χ4v) is 10.3. The topological polar surface area (TPSA) is 20.3 Å². The van der Waals surface area contributed by atoms with Crippen LogP contribution in [0.15, 0.2) is 11.6 Å². The first-order valence-electron chi connectivity index (χ1n) is 12.8. The molecule has 0 amide bonds. The van der Waals surface area contributed by atoms with Gasteiger partial charge in [-0.15, -0.1) is 0 Å². The average molecular weight is 396 g/mol. The van der Waals surface area contributed by atoms with Gasteiger partial charge in [0.25, 0.3) is 0 Å². The highest BCUT2D eigenvalue weighted by molar-refractivity contribution is 5.91. The van der Waals surface area contributed by atoms with Gasteiger partial charge in [-0.25, -0.2) is 0 Å². The molecule has 29 heavy (non-hydrogen) atoms. The third kappa shape index (κ3) is 2.42. The van der Waals surface area contributed by atoms with Crippen molar-refractivity contribution in [2.24, 2.45) is 46.3 Å². The molecule has 6 aliphatic rings. The monoisotopic (exact) mass is 395 g/mol. The van der Waals surface area contributed by atoms with Crippen LogP contribution >= 0.6 is 0 Å². The molecule has 2 nitrogen and oxygen atoms in total. The highest BCUT2D eigenvalue weighted by Crippen LogP contribution is 2.70. The Balaban J connectivity index is 1.33. The summed E-state index contributed by atoms with van der Waals surface area (Å²) in [6.45, 7) is 11.7. The normalized spacial score (nSPS) is 56.7. The lowest BCUT2D eigenvalue weighted by Crippen LogP contribution is -2.51. The van der Waals surface area contributed by atoms with E-state index in [1.54, 1.807) is 0 Å². The molecule has 0 bridgehead atoms. The molecular weight excluding hydrogens is 354 g/mol. The van der Waals surface area contributed by atoms with Crippen LogP contribution in [0.1, 0.15) is 85.5 Å². The second kappa shape index (κ2) is 6.21. The van der Waals surface area contributed by atoms with Crippen molar-refractivity contribution in [3.63, 3.8) is 0 Å². The number of fused-ring (bicyclic) bond motifs is 9. The maximum atomic E-state index is 12.1. The van der Waals surface area contributed by atoms with E-state index in [4.69, 9.17) is 0 Å². The number of rotatable bonds is 0. The van der Waals surface area contributed by atoms with E-state index >= 15 is 0 Å². The van der Waals surface area contributed by atoms with E-state index in [1.165, 1.54) is 57.1 Å². The summed E-state index contributed by atoms with van der Waals surface area (Å²) in [6.07, 6.45) is 13.8. The molecule has 6 rings (SSSR count). The zero-order chi connectivity index (χ0) is 20.1. The number of nitrogens with zero attached hydrogens (tertiary/aromatic N) is 1. The molecule has 0 aromatic rings. The molecule has 3 saturated carbocycles. The molecule has 160 valence electrons. The molecule has 10 atom stereocenters. The minimum Gasteiger partial charge on any atom is -0.297 e. The Bertz CT molecular complexity index is 756. The predicted octanol–water partition coefficient (Wildman–Crippen LogP) is 5.86. The average Bonchev–Trinajstić information content (AvgIpc) is 3.15. The first kappa shape index (κ1) is 19.1. The highest BCUT2D eigenvalue weighted by atomic mass is 16.1. The zero-order valence-corrected chi connectivity index (χ0v) is 19.1. The van der Waals surface area contributed by atoms with Gasteiger partial charge < -0.3 is 0 Å². The summed E-state index contributed by atoms with van der Waals surface area (Å²) in [5, 5.41) is 0. The first-order chi connectivity index (χ1) is 13.8. The molecule has 2 heterocycles. The number of hydrogen-bond acceptors (Lipinski definition) is 2. The maximum Gasteiger partial charge on any atom is 0.155 e. The van der Waals surface area contributed by atoms with Crippen LogP contribution in [0.3, 0.4) is 0 Å². The van der Waals surface area contributed by atoms with Crippen LogP contribution in [0.25, 0.3) is 0 Å². The number of allylic oxidation sites excluding steroid dienone is 1. The van der Waals surface area contributed by atoms with Gasteiger partial charge in [0, 0.05) is 25.0 Å². The van der Waals surface area contributed by atoms with Crippen LogP contribution in [0.5, 0.6) is 0 Å². The van der Waals surface area contributed by atoms with Gasteiger partial charge in [0.05, 0.1) is 0 Å². The lowest BCUT2D eigenvalue weighted by atomic mass is 9.46. The minimum absolute atomic E-state index is 0.323. The largest absolute Gasteiger partial charge is 0.297 e. The smallest absolute Gasteiger partial charge is 0.155 e. The van der Waals surface area contributed by atoms with Crippen LogP contribution in [0.2, 0.25) is 0 Å². The minimum atomic E-state index is 0.323. The van der Waals surface area contributed by atoms with E-state index in [1.807, 2.05) is 0 Å². The summed E-state index contributed by atoms with van der Waals surface area (Å²) in [7, 11) is 0. The van der Waals surface area contributed by atoms with Gasteiger partial charge in [-0.05, 0) is 104 Å². The van der Waals surface area contributed by atoms with Crippen molar-refractivity contribution in [2.75, 3.05) is 6.54 Å². The maximum absolute atomic E-state index is 12.1. The van der Waals surface area contributed by atoms with Gasteiger partial charge in [-0.3, -0.25) is 9.69 Å². The lowest BCUT2D eigenvalue weighted by Gasteiger charge is -2.58. The predicted molar refractivity (Wildman–Crippen MR) is 117 cm³/mol. The molecule has 0 radical (unpaired) electrons. The summed E-state index contributed by atoms with van der Waals surface area (Å²) >= 11 is 0. The van der Waals surface area contributed by atoms with Crippen LogP contribution in [0.4, 0.5) is 0 Å². The Morgan fingerprint density at radius 2 is 1.79 bits per heavy atom. The fourth-order valence-electron chi connectivity index (χ4n) is 10.3. The molecule has 0 N–H and O–H groups in total. The Labute approximate surface area is 177 Å². The van der Waals surface area contributed by atoms with E-state index in [0.29, 0.717) is 16.6 Å². The molecule has 0 spiro atoms. The van der Waals surface area contributed by atoms with Crippen molar-refractivity contribution in [1.82, 2.24) is 4.90 Å². The second-order valence-corrected chi connectivity index (χ2v) is 12.6. The molecule has 2 heteroatoms. The van der Waals surface area contributed by atoms with Crippen molar-refractivity contribution in [1.29, 1.82) is 0 Å². The van der Waals surface area contributed by atoms with Crippen LogP contribution < -0.4 is 0 Å². The molecule has 0 aromatic carbocycles. The van der Waals surface area contributed by atoms with E-state index in [0.717, 1.165) is 60.4 Å². The fraction of sp³-hybridized carbons (Fsp3) is 0.889. The van der Waals surface area contributed by atoms with E-state index in [-0.39, 0.29) is 0 Å². The Morgan fingerprint density at radius 1 is 0.966 bits per heavy atom. The van der Waals surface area contributed by atoms with Gasteiger partial charge in [-0.2, -0.15) is 0 Å². The number of ketones is 1. The second-order valence-electron chi connectivity index (χ2n) is 12.6. The standard InChI is InChI=1S/C27H41NO/c1-16-5-8-23-17(2)25-24(28(23)15-16)14-22-20-7-6-18-13-19(29)9-11-26(18,3)21(20)10-12-27(22,25)4/h13,16-17,20-25H,5-12,14-15H2,1-4H3/t16-,17+,20+,21-,22-,23+,24+,25-,26-,27-/m0/s1. The summed E-state index contributed by atoms with van der Waals surface area (Å²) in [6, 6.07) is 1.74. The van der Waals surface area contributed by atoms with Gasteiger partial charge in [0.15, 0.2) is 5.78 Å². The van der Waals surface area contributed by atoms with E-state index in [9.17, 15) is 4.79 Å². The molecular formula is C27H41NO. The Hall–Kier alpha value is -0.630. The summed E-state index contributed by atoms with van der Waals surface area (Å²) in [5.74, 6) is 5.77. The van der Waals surface area contributed by atoms with Gasteiger partial charge >= 0.3 is 0 Å². The van der Waals surface area contributed by atoms with Gasteiger partial charge in [0.1, 0.15) is 0 Å². The molecule has 0 aromatic heterocycles. The molecule has 2 aliphatic heterocycles. The van der Waals surface area contributed by atoms with Crippen molar-refractivity contribution >= 4 is 5.78 Å². The van der Waals surface area contributed by atoms with Gasteiger partial charge in [-0.1, -0.05) is 33.3 Å². The number of carbonyl (C=O) groups is 1. The summed E-state index contributed by atoms with van der Waals surface area (Å²) in [4.78, 5) is 15.1. The Kier molecular flexibility index (Phi) is 4.09. The van der Waals surface area contributed by atoms with Crippen molar-refractivity contribution < 1.29 is 4.79 Å². The third-order valence-corrected chi connectivity index (χ3v) is 11.6. The van der Waals surface area contributed by atoms with Crippen LogP contribution in [-0.4, -0.2) is 29.3 Å². The highest BCUT2D eigenvalue weighted by Gasteiger charge is 2.66. The Morgan fingerprint density at radius 3 is 2.62 bits per heavy atom. The summed E-state index contributed by atoms with van der Waals surface area (Å²) in [5.41, 5.74) is 2.41. The van der Waals surface area contributed by atoms with Gasteiger partial charge in [0.2, 0.25) is 0 Å². The number of hydrogen-bond donors (Lipinski definition) is 0. The quantitative estimate of drug-likeness (QED) is 0.512. The van der Waals surface area contributed by atoms with Crippen molar-refractivity contribution in [3.05, 3.63) is 11.6 Å². The SMILES string of the molecule is C[C@H]1CC[C@@H]2[C@@H](C)[C@H]3[C@@H](C[C@H]4[C@@H]5CCC6=CC(=O)CC[C@]6(C)[C@H]5CC[C@]34C)N2C1. The van der Waals surface area contributed by atoms with Crippen LogP contribution in [-0.2, 0) is 4.79 Å². The van der Waals surface area contributed by atoms with Crippen molar-refractivity contribution in [3.8, 4) is 0 Å².